The van der Waals surface area contributed by atoms with Gasteiger partial charge in [0, 0.05) is 11.8 Å². The first-order chi connectivity index (χ1) is 10.6. The van der Waals surface area contributed by atoms with E-state index in [4.69, 9.17) is 10.5 Å². The van der Waals surface area contributed by atoms with Crippen LogP contribution in [0.3, 0.4) is 0 Å². The number of methoxy groups -OCH3 is 1. The summed E-state index contributed by atoms with van der Waals surface area (Å²) in [6.07, 6.45) is 2.46. The predicted molar refractivity (Wildman–Crippen MR) is 82.7 cm³/mol. The molecule has 1 aliphatic heterocycles. The fraction of sp³-hybridized carbons (Fsp3) is 0.500. The lowest BCUT2D eigenvalue weighted by atomic mass is 9.90. The van der Waals surface area contributed by atoms with Crippen LogP contribution >= 0.6 is 0 Å². The van der Waals surface area contributed by atoms with Gasteiger partial charge in [0.1, 0.15) is 5.75 Å². The number of benzene rings is 1. The van der Waals surface area contributed by atoms with Gasteiger partial charge in [-0.2, -0.15) is 0 Å². The highest BCUT2D eigenvalue weighted by Gasteiger charge is 2.28. The van der Waals surface area contributed by atoms with Gasteiger partial charge < -0.3 is 20.5 Å². The van der Waals surface area contributed by atoms with Crippen molar-refractivity contribution in [1.82, 2.24) is 0 Å². The van der Waals surface area contributed by atoms with Crippen LogP contribution in [0.2, 0.25) is 0 Å². The first kappa shape index (κ1) is 16.3. The second-order valence-corrected chi connectivity index (χ2v) is 5.33. The summed E-state index contributed by atoms with van der Waals surface area (Å²) in [4.78, 5) is 23.4. The highest BCUT2D eigenvalue weighted by molar-refractivity contribution is 5.97. The van der Waals surface area contributed by atoms with E-state index in [1.165, 1.54) is 7.11 Å². The number of nitrogens with one attached hydrogen (secondary N) is 1. The second-order valence-electron chi connectivity index (χ2n) is 5.33. The van der Waals surface area contributed by atoms with Gasteiger partial charge in [0.2, 0.25) is 5.91 Å². The van der Waals surface area contributed by atoms with Gasteiger partial charge in [0.15, 0.2) is 0 Å². The molecule has 0 aromatic heterocycles. The van der Waals surface area contributed by atoms with Crippen molar-refractivity contribution in [3.63, 3.8) is 0 Å². The van der Waals surface area contributed by atoms with E-state index in [1.54, 1.807) is 0 Å². The number of amides is 1. The average molecular weight is 306 g/mol. The highest BCUT2D eigenvalue weighted by Crippen LogP contribution is 2.30. The van der Waals surface area contributed by atoms with Crippen molar-refractivity contribution in [1.29, 1.82) is 0 Å². The molecule has 1 atom stereocenters. The molecule has 1 amide bonds. The first-order valence-electron chi connectivity index (χ1n) is 7.47. The lowest BCUT2D eigenvalue weighted by Gasteiger charge is -2.24. The van der Waals surface area contributed by atoms with E-state index in [1.807, 2.05) is 18.2 Å². The second kappa shape index (κ2) is 7.79. The molecule has 1 aliphatic rings. The Hall–Kier alpha value is -2.08. The van der Waals surface area contributed by atoms with Crippen molar-refractivity contribution < 1.29 is 19.1 Å². The number of carbonyl (C=O) groups is 2. The van der Waals surface area contributed by atoms with Crippen molar-refractivity contribution >= 4 is 17.6 Å². The van der Waals surface area contributed by atoms with E-state index >= 15 is 0 Å². The number of rotatable bonds is 7. The number of hydrogen-bond acceptors (Lipinski definition) is 5. The van der Waals surface area contributed by atoms with Gasteiger partial charge in [0.05, 0.1) is 26.1 Å². The smallest absolute Gasteiger partial charge is 0.306 e. The van der Waals surface area contributed by atoms with Crippen molar-refractivity contribution in [3.05, 3.63) is 23.8 Å². The Labute approximate surface area is 130 Å². The van der Waals surface area contributed by atoms with E-state index < -0.39 is 0 Å². The Kier molecular flexibility index (Phi) is 5.77. The molecule has 6 heteroatoms. The summed E-state index contributed by atoms with van der Waals surface area (Å²) in [6, 6.07) is 5.63. The Balaban J connectivity index is 1.99. The van der Waals surface area contributed by atoms with Gasteiger partial charge in [0.25, 0.3) is 0 Å². The minimum absolute atomic E-state index is 0.0963. The number of nitrogens with two attached hydrogens (primary N) is 1. The van der Waals surface area contributed by atoms with Gasteiger partial charge in [-0.05, 0) is 37.4 Å². The third-order valence-corrected chi connectivity index (χ3v) is 3.68. The van der Waals surface area contributed by atoms with Crippen LogP contribution in [0.4, 0.5) is 5.69 Å². The fourth-order valence-corrected chi connectivity index (χ4v) is 2.42. The number of unbranched alkanes of at least 4 members (excludes halogenated alkanes) is 1. The predicted octanol–water partition coefficient (Wildman–Crippen LogP) is 1.48. The molecule has 0 spiro atoms. The molecular weight excluding hydrogens is 284 g/mol. The summed E-state index contributed by atoms with van der Waals surface area (Å²) in [5.74, 6) is -0.180. The molecule has 1 aromatic carbocycles. The van der Waals surface area contributed by atoms with Gasteiger partial charge >= 0.3 is 5.97 Å². The first-order valence-corrected chi connectivity index (χ1v) is 7.47. The summed E-state index contributed by atoms with van der Waals surface area (Å²) in [5, 5.41) is 2.83. The molecule has 0 bridgehead atoms. The number of anilines is 1. The minimum Gasteiger partial charge on any atom is -0.494 e. The van der Waals surface area contributed by atoms with Crippen LogP contribution < -0.4 is 15.8 Å². The summed E-state index contributed by atoms with van der Waals surface area (Å²) in [6.45, 7) is 1.26. The van der Waals surface area contributed by atoms with Crippen LogP contribution in [0.25, 0.3) is 0 Å². The Bertz CT molecular complexity index is 545. The number of carbonyl (C=O) groups excluding carboxylic acids is 2. The molecule has 3 N–H and O–H groups in total. The summed E-state index contributed by atoms with van der Waals surface area (Å²) < 4.78 is 10.3. The summed E-state index contributed by atoms with van der Waals surface area (Å²) >= 11 is 0. The average Bonchev–Trinajstić information content (AvgIpc) is 2.52. The zero-order valence-electron chi connectivity index (χ0n) is 12.8. The molecule has 0 saturated carbocycles. The molecule has 0 radical (unpaired) electrons. The molecule has 1 unspecified atom stereocenters. The lowest BCUT2D eigenvalue weighted by molar-refractivity contribution is -0.143. The summed E-state index contributed by atoms with van der Waals surface area (Å²) in [7, 11) is 1.32. The quantitative estimate of drug-likeness (QED) is 0.588. The lowest BCUT2D eigenvalue weighted by Crippen LogP contribution is -2.31. The van der Waals surface area contributed by atoms with Crippen LogP contribution in [0.5, 0.6) is 5.75 Å². The van der Waals surface area contributed by atoms with Gasteiger partial charge in [-0.25, -0.2) is 0 Å². The molecule has 0 saturated heterocycles. The highest BCUT2D eigenvalue weighted by atomic mass is 16.5. The maximum Gasteiger partial charge on any atom is 0.306 e. The fourth-order valence-electron chi connectivity index (χ4n) is 2.42. The van der Waals surface area contributed by atoms with Crippen LogP contribution in [-0.4, -0.2) is 32.1 Å². The van der Waals surface area contributed by atoms with Crippen molar-refractivity contribution in [2.75, 3.05) is 25.6 Å². The Morgan fingerprint density at radius 3 is 2.95 bits per heavy atom. The molecule has 22 heavy (non-hydrogen) atoms. The minimum atomic E-state index is -0.378. The third-order valence-electron chi connectivity index (χ3n) is 3.68. The van der Waals surface area contributed by atoms with Gasteiger partial charge in [-0.1, -0.05) is 6.07 Å². The molecule has 0 fully saturated rings. The van der Waals surface area contributed by atoms with Gasteiger partial charge in [-0.15, -0.1) is 0 Å². The van der Waals surface area contributed by atoms with Crippen LogP contribution in [0.1, 0.15) is 24.8 Å². The maximum absolute atomic E-state index is 12.0. The largest absolute Gasteiger partial charge is 0.494 e. The zero-order valence-corrected chi connectivity index (χ0v) is 12.8. The van der Waals surface area contributed by atoms with E-state index in [0.29, 0.717) is 19.6 Å². The van der Waals surface area contributed by atoms with E-state index in [-0.39, 0.29) is 24.2 Å². The van der Waals surface area contributed by atoms with Crippen LogP contribution in [0.15, 0.2) is 18.2 Å². The number of ether oxygens (including phenoxy) is 2. The SMILES string of the molecule is COC(=O)CC1Cc2ccc(OCCCCN)cc2NC1=O. The molecule has 0 aliphatic carbocycles. The van der Waals surface area contributed by atoms with Gasteiger partial charge in [-0.3, -0.25) is 9.59 Å². The number of esters is 1. The molecule has 6 nitrogen and oxygen atoms in total. The molecular formula is C16H22N2O4. The van der Waals surface area contributed by atoms with Crippen molar-refractivity contribution in [3.8, 4) is 5.75 Å². The summed E-state index contributed by atoms with van der Waals surface area (Å²) in [5.41, 5.74) is 7.19. The third kappa shape index (κ3) is 4.21. The van der Waals surface area contributed by atoms with Crippen LogP contribution in [-0.2, 0) is 20.7 Å². The topological polar surface area (TPSA) is 90.7 Å². The Morgan fingerprint density at radius 1 is 1.41 bits per heavy atom. The molecule has 2 rings (SSSR count). The van der Waals surface area contributed by atoms with Crippen molar-refractivity contribution in [2.45, 2.75) is 25.7 Å². The molecule has 120 valence electrons. The monoisotopic (exact) mass is 306 g/mol. The van der Waals surface area contributed by atoms with Crippen molar-refractivity contribution in [2.24, 2.45) is 11.7 Å². The number of hydrogen-bond donors (Lipinski definition) is 2. The van der Waals surface area contributed by atoms with E-state index in [2.05, 4.69) is 10.1 Å². The number of fused-ring (bicyclic) bond motifs is 1. The Morgan fingerprint density at radius 2 is 2.23 bits per heavy atom. The standard InChI is InChI=1S/C16H22N2O4/c1-21-15(19)9-12-8-11-4-5-13(22-7-3-2-6-17)10-14(11)18-16(12)20/h4-5,10,12H,2-3,6-9,17H2,1H3,(H,18,20). The molecule has 1 heterocycles. The van der Waals surface area contributed by atoms with Crippen LogP contribution in [0, 0.1) is 5.92 Å². The van der Waals surface area contributed by atoms with E-state index in [0.717, 1.165) is 29.8 Å². The zero-order chi connectivity index (χ0) is 15.9. The normalized spacial score (nSPS) is 16.6. The molecule has 1 aromatic rings. The maximum atomic E-state index is 12.0. The van der Waals surface area contributed by atoms with E-state index in [9.17, 15) is 9.59 Å².